The zero-order valence-electron chi connectivity index (χ0n) is 14.2. The van der Waals surface area contributed by atoms with Gasteiger partial charge >= 0.3 is 0 Å². The highest BCUT2D eigenvalue weighted by atomic mass is 16.1. The number of hydrogen-bond donors (Lipinski definition) is 0. The summed E-state index contributed by atoms with van der Waals surface area (Å²) in [5.41, 5.74) is 3.46. The maximum atomic E-state index is 12.4. The molecule has 0 bridgehead atoms. The molecule has 0 spiro atoms. The standard InChI is InChI=1S/C20H32O/c1-4-7-8-9-10-11-12-13-20(21)19-16-17(5-2)14-15-18(19)6-3/h14-16H,4-13H2,1-3H3. The Labute approximate surface area is 131 Å². The van der Waals surface area contributed by atoms with Gasteiger partial charge in [-0.25, -0.2) is 0 Å². The molecule has 1 nitrogen and oxygen atoms in total. The highest BCUT2D eigenvalue weighted by molar-refractivity contribution is 5.97. The van der Waals surface area contributed by atoms with Crippen molar-refractivity contribution in [1.29, 1.82) is 0 Å². The van der Waals surface area contributed by atoms with Crippen LogP contribution in [0.3, 0.4) is 0 Å². The molecule has 0 fully saturated rings. The largest absolute Gasteiger partial charge is 0.294 e. The predicted octanol–water partition coefficient (Wildman–Crippen LogP) is 6.13. The van der Waals surface area contributed by atoms with Crippen molar-refractivity contribution in [1.82, 2.24) is 0 Å². The van der Waals surface area contributed by atoms with Crippen LogP contribution in [0.2, 0.25) is 0 Å². The van der Waals surface area contributed by atoms with Crippen molar-refractivity contribution in [2.75, 3.05) is 0 Å². The first kappa shape index (κ1) is 17.9. The first-order chi connectivity index (χ1) is 10.2. The van der Waals surface area contributed by atoms with E-state index in [-0.39, 0.29) is 0 Å². The summed E-state index contributed by atoms with van der Waals surface area (Å²) in [6.07, 6.45) is 11.5. The van der Waals surface area contributed by atoms with E-state index in [1.165, 1.54) is 49.7 Å². The quantitative estimate of drug-likeness (QED) is 0.353. The number of rotatable bonds is 11. The van der Waals surface area contributed by atoms with Gasteiger partial charge in [0.1, 0.15) is 0 Å². The number of ketones is 1. The molecule has 0 aromatic heterocycles. The van der Waals surface area contributed by atoms with Crippen molar-refractivity contribution >= 4 is 5.78 Å². The fourth-order valence-corrected chi connectivity index (χ4v) is 2.79. The molecule has 0 N–H and O–H groups in total. The minimum atomic E-state index is 0.343. The van der Waals surface area contributed by atoms with Crippen LogP contribution in [0.25, 0.3) is 0 Å². The van der Waals surface area contributed by atoms with Gasteiger partial charge in [0.15, 0.2) is 5.78 Å². The average Bonchev–Trinajstić information content (AvgIpc) is 2.53. The summed E-state index contributed by atoms with van der Waals surface area (Å²) in [5, 5.41) is 0. The monoisotopic (exact) mass is 288 g/mol. The molecule has 21 heavy (non-hydrogen) atoms. The number of aryl methyl sites for hydroxylation is 2. The second-order valence-electron chi connectivity index (χ2n) is 5.99. The Morgan fingerprint density at radius 2 is 1.52 bits per heavy atom. The van der Waals surface area contributed by atoms with Gasteiger partial charge in [0.2, 0.25) is 0 Å². The van der Waals surface area contributed by atoms with E-state index in [9.17, 15) is 4.79 Å². The molecule has 0 amide bonds. The lowest BCUT2D eigenvalue weighted by molar-refractivity contribution is 0.0978. The Morgan fingerprint density at radius 1 is 0.857 bits per heavy atom. The molecule has 1 aromatic carbocycles. The highest BCUT2D eigenvalue weighted by Gasteiger charge is 2.10. The van der Waals surface area contributed by atoms with Gasteiger partial charge in [-0.2, -0.15) is 0 Å². The molecular weight excluding hydrogens is 256 g/mol. The molecule has 0 heterocycles. The van der Waals surface area contributed by atoms with Crippen LogP contribution < -0.4 is 0 Å². The smallest absolute Gasteiger partial charge is 0.163 e. The van der Waals surface area contributed by atoms with Crippen LogP contribution >= 0.6 is 0 Å². The molecule has 118 valence electrons. The van der Waals surface area contributed by atoms with Crippen molar-refractivity contribution in [3.63, 3.8) is 0 Å². The molecule has 1 rings (SSSR count). The first-order valence-electron chi connectivity index (χ1n) is 8.87. The Morgan fingerprint density at radius 3 is 2.14 bits per heavy atom. The van der Waals surface area contributed by atoms with Gasteiger partial charge < -0.3 is 0 Å². The third-order valence-corrected chi connectivity index (χ3v) is 4.27. The van der Waals surface area contributed by atoms with Gasteiger partial charge in [-0.15, -0.1) is 0 Å². The maximum Gasteiger partial charge on any atom is 0.163 e. The summed E-state index contributed by atoms with van der Waals surface area (Å²) in [6.45, 7) is 6.52. The highest BCUT2D eigenvalue weighted by Crippen LogP contribution is 2.17. The van der Waals surface area contributed by atoms with Gasteiger partial charge in [-0.3, -0.25) is 4.79 Å². The molecular formula is C20H32O. The number of carbonyl (C=O) groups is 1. The summed E-state index contributed by atoms with van der Waals surface area (Å²) in [4.78, 5) is 12.4. The van der Waals surface area contributed by atoms with Crippen LogP contribution in [0.4, 0.5) is 0 Å². The van der Waals surface area contributed by atoms with E-state index < -0.39 is 0 Å². The Hall–Kier alpha value is -1.11. The Kier molecular flexibility index (Phi) is 9.05. The number of hydrogen-bond acceptors (Lipinski definition) is 1. The summed E-state index contributed by atoms with van der Waals surface area (Å²) in [6, 6.07) is 6.41. The van der Waals surface area contributed by atoms with Crippen molar-refractivity contribution in [2.24, 2.45) is 0 Å². The van der Waals surface area contributed by atoms with E-state index in [1.54, 1.807) is 0 Å². The minimum absolute atomic E-state index is 0.343. The van der Waals surface area contributed by atoms with E-state index in [1.807, 2.05) is 0 Å². The van der Waals surface area contributed by atoms with Gasteiger partial charge in [0, 0.05) is 12.0 Å². The van der Waals surface area contributed by atoms with Crippen LogP contribution in [0.15, 0.2) is 18.2 Å². The van der Waals surface area contributed by atoms with Crippen LogP contribution in [-0.2, 0) is 12.8 Å². The van der Waals surface area contributed by atoms with Crippen molar-refractivity contribution < 1.29 is 4.79 Å². The number of benzene rings is 1. The summed E-state index contributed by atoms with van der Waals surface area (Å²) in [5.74, 6) is 0.343. The molecule has 1 heteroatoms. The second-order valence-corrected chi connectivity index (χ2v) is 5.99. The van der Waals surface area contributed by atoms with Crippen molar-refractivity contribution in [3.8, 4) is 0 Å². The molecule has 0 atom stereocenters. The lowest BCUT2D eigenvalue weighted by Gasteiger charge is -2.09. The summed E-state index contributed by atoms with van der Waals surface area (Å²) in [7, 11) is 0. The lowest BCUT2D eigenvalue weighted by Crippen LogP contribution is -2.04. The molecule has 0 saturated carbocycles. The fraction of sp³-hybridized carbons (Fsp3) is 0.650. The summed E-state index contributed by atoms with van der Waals surface area (Å²) >= 11 is 0. The van der Waals surface area contributed by atoms with Crippen LogP contribution in [0, 0.1) is 0 Å². The van der Waals surface area contributed by atoms with Crippen molar-refractivity contribution in [2.45, 2.75) is 85.0 Å². The lowest BCUT2D eigenvalue weighted by atomic mass is 9.95. The van der Waals surface area contributed by atoms with Crippen LogP contribution in [-0.4, -0.2) is 5.78 Å². The van der Waals surface area contributed by atoms with Crippen molar-refractivity contribution in [3.05, 3.63) is 34.9 Å². The third-order valence-electron chi connectivity index (χ3n) is 4.27. The Balaban J connectivity index is 2.41. The Bertz CT molecular complexity index is 420. The van der Waals surface area contributed by atoms with E-state index in [2.05, 4.69) is 39.0 Å². The number of Topliss-reactive ketones (excluding diaryl/α,β-unsaturated/α-hetero) is 1. The third kappa shape index (κ3) is 6.46. The predicted molar refractivity (Wildman–Crippen MR) is 92.1 cm³/mol. The first-order valence-corrected chi connectivity index (χ1v) is 8.87. The zero-order valence-corrected chi connectivity index (χ0v) is 14.2. The number of unbranched alkanes of at least 4 members (excludes halogenated alkanes) is 6. The number of carbonyl (C=O) groups excluding carboxylic acids is 1. The second kappa shape index (κ2) is 10.6. The average molecular weight is 288 g/mol. The summed E-state index contributed by atoms with van der Waals surface area (Å²) < 4.78 is 0. The molecule has 0 aliphatic rings. The van der Waals surface area contributed by atoms with Gasteiger partial charge in [-0.1, -0.05) is 71.4 Å². The van der Waals surface area contributed by atoms with E-state index >= 15 is 0 Å². The zero-order chi connectivity index (χ0) is 15.5. The normalized spacial score (nSPS) is 10.8. The molecule has 0 saturated heterocycles. The molecule has 0 aliphatic carbocycles. The molecule has 0 aliphatic heterocycles. The minimum Gasteiger partial charge on any atom is -0.294 e. The topological polar surface area (TPSA) is 17.1 Å². The van der Waals surface area contributed by atoms with Crippen LogP contribution in [0.5, 0.6) is 0 Å². The van der Waals surface area contributed by atoms with Gasteiger partial charge in [-0.05, 0) is 36.5 Å². The van der Waals surface area contributed by atoms with Gasteiger partial charge in [0.05, 0.1) is 0 Å². The van der Waals surface area contributed by atoms with E-state index in [4.69, 9.17) is 0 Å². The van der Waals surface area contributed by atoms with E-state index in [0.717, 1.165) is 24.8 Å². The molecule has 0 unspecified atom stereocenters. The van der Waals surface area contributed by atoms with Gasteiger partial charge in [0.25, 0.3) is 0 Å². The molecule has 0 radical (unpaired) electrons. The van der Waals surface area contributed by atoms with Crippen LogP contribution in [0.1, 0.15) is 93.6 Å². The molecule has 1 aromatic rings. The SMILES string of the molecule is CCCCCCCCCC(=O)c1cc(CC)ccc1CC. The van der Waals surface area contributed by atoms with E-state index in [0.29, 0.717) is 12.2 Å². The maximum absolute atomic E-state index is 12.4. The fourth-order valence-electron chi connectivity index (χ4n) is 2.79.